The van der Waals surface area contributed by atoms with Gasteiger partial charge in [0, 0.05) is 19.1 Å². The molecule has 124 valence electrons. The van der Waals surface area contributed by atoms with E-state index in [4.69, 9.17) is 4.74 Å². The normalized spacial score (nSPS) is 22.0. The molecule has 0 bridgehead atoms. The van der Waals surface area contributed by atoms with Gasteiger partial charge in [0.05, 0.1) is 18.5 Å². The third-order valence-corrected chi connectivity index (χ3v) is 5.67. The van der Waals surface area contributed by atoms with Crippen molar-refractivity contribution >= 4 is 16.0 Å². The lowest BCUT2D eigenvalue weighted by atomic mass is 9.86. The second-order valence-electron chi connectivity index (χ2n) is 5.54. The fourth-order valence-electron chi connectivity index (χ4n) is 2.69. The van der Waals surface area contributed by atoms with Gasteiger partial charge in [-0.2, -0.15) is 0 Å². The predicted molar refractivity (Wildman–Crippen MR) is 80.5 cm³/mol. The third kappa shape index (κ3) is 5.92. The van der Waals surface area contributed by atoms with Crippen LogP contribution in [0.2, 0.25) is 0 Å². The SMILES string of the molecule is CCC1(CC)CC(NS(=O)(=O)CCCC(=O)OC)CCO1. The molecule has 0 aromatic carbocycles. The molecule has 1 fully saturated rings. The molecule has 1 atom stereocenters. The number of carbonyl (C=O) groups excluding carboxylic acids is 1. The van der Waals surface area contributed by atoms with Crippen LogP contribution in [0.3, 0.4) is 0 Å². The Morgan fingerprint density at radius 2 is 2.05 bits per heavy atom. The van der Waals surface area contributed by atoms with Gasteiger partial charge in [0.2, 0.25) is 10.0 Å². The summed E-state index contributed by atoms with van der Waals surface area (Å²) < 4.78 is 37.2. The van der Waals surface area contributed by atoms with E-state index in [0.29, 0.717) is 19.4 Å². The molecule has 1 aliphatic heterocycles. The first-order valence-corrected chi connectivity index (χ1v) is 9.22. The largest absolute Gasteiger partial charge is 0.469 e. The number of esters is 1. The average molecular weight is 321 g/mol. The van der Waals surface area contributed by atoms with Crippen molar-refractivity contribution < 1.29 is 22.7 Å². The minimum absolute atomic E-state index is 0.0509. The first-order valence-electron chi connectivity index (χ1n) is 7.57. The predicted octanol–water partition coefficient (Wildman–Crippen LogP) is 1.60. The van der Waals surface area contributed by atoms with Crippen LogP contribution in [0.4, 0.5) is 0 Å². The van der Waals surface area contributed by atoms with Crippen LogP contribution in [0.1, 0.15) is 52.4 Å². The Balaban J connectivity index is 2.49. The van der Waals surface area contributed by atoms with E-state index in [1.807, 2.05) is 0 Å². The molecule has 0 aromatic heterocycles. The van der Waals surface area contributed by atoms with Crippen molar-refractivity contribution in [3.8, 4) is 0 Å². The fourth-order valence-corrected chi connectivity index (χ4v) is 4.04. The minimum Gasteiger partial charge on any atom is -0.469 e. The number of rotatable bonds is 8. The lowest BCUT2D eigenvalue weighted by Crippen LogP contribution is -2.48. The van der Waals surface area contributed by atoms with Crippen LogP contribution in [0, 0.1) is 0 Å². The number of hydrogen-bond acceptors (Lipinski definition) is 5. The Morgan fingerprint density at radius 1 is 1.38 bits per heavy atom. The lowest BCUT2D eigenvalue weighted by molar-refractivity contribution is -0.140. The van der Waals surface area contributed by atoms with Crippen LogP contribution < -0.4 is 4.72 Å². The van der Waals surface area contributed by atoms with E-state index >= 15 is 0 Å². The van der Waals surface area contributed by atoms with Gasteiger partial charge in [0.15, 0.2) is 0 Å². The average Bonchev–Trinajstić information content (AvgIpc) is 2.46. The van der Waals surface area contributed by atoms with E-state index < -0.39 is 10.0 Å². The highest BCUT2D eigenvalue weighted by Gasteiger charge is 2.35. The number of sulfonamides is 1. The molecule has 1 unspecified atom stereocenters. The molecule has 1 aliphatic rings. The summed E-state index contributed by atoms with van der Waals surface area (Å²) in [6.45, 7) is 4.71. The Labute approximate surface area is 127 Å². The molecular weight excluding hydrogens is 294 g/mol. The first kappa shape index (κ1) is 18.4. The fraction of sp³-hybridized carbons (Fsp3) is 0.929. The summed E-state index contributed by atoms with van der Waals surface area (Å²) in [6.07, 6.45) is 3.55. The monoisotopic (exact) mass is 321 g/mol. The maximum Gasteiger partial charge on any atom is 0.305 e. The van der Waals surface area contributed by atoms with Crippen LogP contribution in [0.15, 0.2) is 0 Å². The highest BCUT2D eigenvalue weighted by atomic mass is 32.2. The zero-order chi connectivity index (χ0) is 15.9. The molecule has 21 heavy (non-hydrogen) atoms. The summed E-state index contributed by atoms with van der Waals surface area (Å²) in [4.78, 5) is 11.0. The van der Waals surface area contributed by atoms with Crippen molar-refractivity contribution in [1.29, 1.82) is 0 Å². The summed E-state index contributed by atoms with van der Waals surface area (Å²) in [6, 6.07) is -0.0817. The van der Waals surface area contributed by atoms with E-state index in [0.717, 1.165) is 12.8 Å². The van der Waals surface area contributed by atoms with E-state index in [9.17, 15) is 13.2 Å². The molecule has 0 radical (unpaired) electrons. The maximum absolute atomic E-state index is 12.1. The van der Waals surface area contributed by atoms with Gasteiger partial charge in [-0.05, 0) is 32.1 Å². The van der Waals surface area contributed by atoms with Crippen LogP contribution in [0.25, 0.3) is 0 Å². The molecule has 0 aliphatic carbocycles. The zero-order valence-electron chi connectivity index (χ0n) is 13.2. The van der Waals surface area contributed by atoms with Crippen molar-refractivity contribution in [3.05, 3.63) is 0 Å². The van der Waals surface area contributed by atoms with Crippen LogP contribution >= 0.6 is 0 Å². The molecule has 6 nitrogen and oxygen atoms in total. The Bertz CT molecular complexity index is 431. The number of methoxy groups -OCH3 is 1. The van der Waals surface area contributed by atoms with Crippen molar-refractivity contribution in [2.24, 2.45) is 0 Å². The second-order valence-corrected chi connectivity index (χ2v) is 7.42. The molecule has 0 spiro atoms. The van der Waals surface area contributed by atoms with Crippen molar-refractivity contribution in [2.45, 2.75) is 64.0 Å². The molecule has 0 saturated carbocycles. The molecule has 1 saturated heterocycles. The maximum atomic E-state index is 12.1. The highest BCUT2D eigenvalue weighted by molar-refractivity contribution is 7.89. The van der Waals surface area contributed by atoms with Gasteiger partial charge < -0.3 is 9.47 Å². The van der Waals surface area contributed by atoms with E-state index in [-0.39, 0.29) is 36.2 Å². The van der Waals surface area contributed by atoms with Gasteiger partial charge in [-0.1, -0.05) is 13.8 Å². The smallest absolute Gasteiger partial charge is 0.305 e. The molecule has 1 heterocycles. The van der Waals surface area contributed by atoms with Crippen LogP contribution in [-0.2, 0) is 24.3 Å². The van der Waals surface area contributed by atoms with E-state index in [2.05, 4.69) is 23.3 Å². The summed E-state index contributed by atoms with van der Waals surface area (Å²) in [5.74, 6) is -0.433. The van der Waals surface area contributed by atoms with E-state index in [1.165, 1.54) is 7.11 Å². The number of hydrogen-bond donors (Lipinski definition) is 1. The minimum atomic E-state index is -3.37. The molecule has 0 amide bonds. The zero-order valence-corrected chi connectivity index (χ0v) is 14.0. The van der Waals surface area contributed by atoms with Gasteiger partial charge >= 0.3 is 5.97 Å². The van der Waals surface area contributed by atoms with Gasteiger partial charge in [0.1, 0.15) is 0 Å². The van der Waals surface area contributed by atoms with Crippen LogP contribution in [0.5, 0.6) is 0 Å². The Hall–Kier alpha value is -0.660. The quantitative estimate of drug-likeness (QED) is 0.687. The van der Waals surface area contributed by atoms with Crippen LogP contribution in [-0.4, -0.2) is 45.5 Å². The number of carbonyl (C=O) groups is 1. The second kappa shape index (κ2) is 8.10. The van der Waals surface area contributed by atoms with E-state index in [1.54, 1.807) is 0 Å². The van der Waals surface area contributed by atoms with Gasteiger partial charge in [-0.15, -0.1) is 0 Å². The third-order valence-electron chi connectivity index (χ3n) is 4.15. The Kier molecular flexibility index (Phi) is 7.09. The number of ether oxygens (including phenoxy) is 2. The lowest BCUT2D eigenvalue weighted by Gasteiger charge is -2.40. The topological polar surface area (TPSA) is 81.7 Å². The molecule has 1 N–H and O–H groups in total. The highest BCUT2D eigenvalue weighted by Crippen LogP contribution is 2.31. The molecular formula is C14H27NO5S. The van der Waals surface area contributed by atoms with Gasteiger partial charge in [-0.25, -0.2) is 13.1 Å². The molecule has 1 rings (SSSR count). The first-order chi connectivity index (χ1) is 9.86. The summed E-state index contributed by atoms with van der Waals surface area (Å²) in [5, 5.41) is 0. The Morgan fingerprint density at radius 3 is 2.62 bits per heavy atom. The molecule has 7 heteroatoms. The number of nitrogens with one attached hydrogen (secondary N) is 1. The summed E-state index contributed by atoms with van der Waals surface area (Å²) in [7, 11) is -2.07. The molecule has 0 aromatic rings. The van der Waals surface area contributed by atoms with Crippen molar-refractivity contribution in [3.63, 3.8) is 0 Å². The van der Waals surface area contributed by atoms with Crippen molar-refractivity contribution in [1.82, 2.24) is 4.72 Å². The standard InChI is InChI=1S/C14H27NO5S/c1-4-14(5-2)11-12(8-9-20-14)15-21(17,18)10-6-7-13(16)19-3/h12,15H,4-11H2,1-3H3. The van der Waals surface area contributed by atoms with Gasteiger partial charge in [0.25, 0.3) is 0 Å². The summed E-state index contributed by atoms with van der Waals surface area (Å²) in [5.41, 5.74) is -0.211. The van der Waals surface area contributed by atoms with Crippen molar-refractivity contribution in [2.75, 3.05) is 19.5 Å². The van der Waals surface area contributed by atoms with Gasteiger partial charge in [-0.3, -0.25) is 4.79 Å². The summed E-state index contributed by atoms with van der Waals surface area (Å²) >= 11 is 0.